The van der Waals surface area contributed by atoms with Crippen LogP contribution in [-0.2, 0) is 0 Å². The fourth-order valence-corrected chi connectivity index (χ4v) is 4.54. The molecule has 0 amide bonds. The van der Waals surface area contributed by atoms with Crippen LogP contribution in [0.3, 0.4) is 0 Å². The molecule has 0 fully saturated rings. The lowest BCUT2D eigenvalue weighted by atomic mass is 10.3. The molecular weight excluding hydrogens is 1550 g/mol. The predicted molar refractivity (Wildman–Crippen MR) is 549 cm³/mol. The van der Waals surface area contributed by atoms with Crippen molar-refractivity contribution in [3.63, 3.8) is 0 Å². The number of aromatic amines is 1. The van der Waals surface area contributed by atoms with E-state index in [0.29, 0.717) is 0 Å². The van der Waals surface area contributed by atoms with Gasteiger partial charge in [0.25, 0.3) is 0 Å². The topological polar surface area (TPSA) is 183 Å². The lowest BCUT2D eigenvalue weighted by Crippen LogP contribution is -1.66. The lowest BCUT2D eigenvalue weighted by molar-refractivity contribution is 0.558. The molecule has 0 bridgehead atoms. The summed E-state index contributed by atoms with van der Waals surface area (Å²) in [6, 6.07) is 32.5. The second kappa shape index (κ2) is 137. The molecule has 11 aromatic rings. The highest BCUT2D eigenvalue weighted by Crippen LogP contribution is 1.94. The number of hydrogen-bond acceptors (Lipinski definition) is 16. The molecule has 0 atom stereocenters. The van der Waals surface area contributed by atoms with Gasteiger partial charge in [-0.1, -0.05) is 319 Å². The molecule has 121 heavy (non-hydrogen) atoms. The smallest absolute Gasteiger partial charge is 0.180 e. The van der Waals surface area contributed by atoms with Crippen LogP contribution in [0.15, 0.2) is 314 Å². The number of aromatic nitrogens is 9. The minimum absolute atomic E-state index is 0.833. The zero-order valence-corrected chi connectivity index (χ0v) is 86.7. The third kappa shape index (κ3) is 366. The van der Waals surface area contributed by atoms with Gasteiger partial charge in [0, 0.05) is 124 Å². The molecule has 0 spiro atoms. The van der Waals surface area contributed by atoms with Crippen molar-refractivity contribution in [3.8, 4) is 0 Å². The summed E-state index contributed by atoms with van der Waals surface area (Å²) in [7, 11) is 0. The summed E-state index contributed by atoms with van der Waals surface area (Å²) in [5.41, 5.74) is 1.79. The Balaban J connectivity index is -0.0000000913. The molecule has 17 heteroatoms. The average Bonchev–Trinajstić information content (AvgIpc) is 2.02. The number of thiazole rings is 1. The molecule has 0 radical (unpaired) electrons. The van der Waals surface area contributed by atoms with Crippen LogP contribution >= 0.6 is 34.0 Å². The van der Waals surface area contributed by atoms with Gasteiger partial charge in [0.2, 0.25) is 0 Å². The third-order valence-corrected chi connectivity index (χ3v) is 7.84. The van der Waals surface area contributed by atoms with Crippen LogP contribution in [-0.4, -0.2) is 57.3 Å². The Morgan fingerprint density at radius 2 is 0.488 bits per heavy atom. The Kier molecular flexibility index (Phi) is 160. The Morgan fingerprint density at radius 1 is 0.223 bits per heavy atom. The van der Waals surface area contributed by atoms with Gasteiger partial charge < -0.3 is 18.2 Å². The second-order valence-electron chi connectivity index (χ2n) is 33.7. The van der Waals surface area contributed by atoms with Gasteiger partial charge in [-0.25, -0.2) is 15.0 Å². The molecule has 692 valence electrons. The SMILES string of the molecule is C1=CN=CC1.C1=CN=CC1.CC(C)C.CC(C)C.CC(C)C.CC(C)C.CC(C)C.CC(C)C.CC(C)C.CC(C)C.CC(C)C.CC(C)C.CC(C)C.CC(C)C.CC(C)C.c1cc[nH]c1.c1ccncc1.c1ccncc1.c1ccoc1.c1ccoc1.c1ccsc1.c1ccsc1.c1cnccn1.c1cncnc1.c1cocn1.c1cscn1. The molecule has 13 rings (SSSR count). The molecule has 2 aliphatic rings. The number of allylic oxidation sites excluding steroid dienone is 2. The van der Waals surface area contributed by atoms with Crippen LogP contribution < -0.4 is 0 Å². The molecule has 0 aromatic carbocycles. The molecule has 1 N–H and O–H groups in total. The van der Waals surface area contributed by atoms with Crippen LogP contribution in [0.1, 0.15) is 283 Å². The highest BCUT2D eigenvalue weighted by molar-refractivity contribution is 7.08. The number of rotatable bonds is 0. The normalized spacial score (nSPS) is 9.22. The Morgan fingerprint density at radius 3 is 0.562 bits per heavy atom. The first-order valence-corrected chi connectivity index (χ1v) is 45.9. The van der Waals surface area contributed by atoms with Crippen molar-refractivity contribution in [3.05, 3.63) is 291 Å². The number of pyridine rings is 2. The molecule has 0 aliphatic carbocycles. The highest BCUT2D eigenvalue weighted by atomic mass is 32.1. The van der Waals surface area contributed by atoms with E-state index in [1.54, 1.807) is 157 Å². The maximum Gasteiger partial charge on any atom is 0.180 e. The number of hydrogen-bond donors (Lipinski definition) is 1. The van der Waals surface area contributed by atoms with E-state index in [1.165, 1.54) is 19.0 Å². The summed E-state index contributed by atoms with van der Waals surface area (Å²) in [6.07, 6.45) is 48.4. The molecular formula is C104H185N11O3S3. The van der Waals surface area contributed by atoms with Gasteiger partial charge in [-0.05, 0) is 165 Å². The summed E-state index contributed by atoms with van der Waals surface area (Å²) < 4.78 is 13.6. The van der Waals surface area contributed by atoms with E-state index < -0.39 is 0 Å². The van der Waals surface area contributed by atoms with E-state index in [9.17, 15) is 0 Å². The van der Waals surface area contributed by atoms with Crippen molar-refractivity contribution in [2.75, 3.05) is 0 Å². The number of thiophene rings is 2. The summed E-state index contributed by atoms with van der Waals surface area (Å²) in [5.74, 6) is 10.8. The molecule has 0 saturated carbocycles. The van der Waals surface area contributed by atoms with Crippen LogP contribution in [0, 0.1) is 76.9 Å². The van der Waals surface area contributed by atoms with Crippen LogP contribution in [0.25, 0.3) is 0 Å². The molecule has 11 aromatic heterocycles. The monoisotopic (exact) mass is 1730 g/mol. The first-order valence-electron chi connectivity index (χ1n) is 43.1. The van der Waals surface area contributed by atoms with Gasteiger partial charge in [-0.3, -0.25) is 34.9 Å². The van der Waals surface area contributed by atoms with Gasteiger partial charge in [0.15, 0.2) is 6.39 Å². The zero-order chi connectivity index (χ0) is 95.3. The fourth-order valence-electron chi connectivity index (χ4n) is 3.28. The van der Waals surface area contributed by atoms with E-state index >= 15 is 0 Å². The number of nitrogens with one attached hydrogen (secondary N) is 1. The number of aliphatic imine (C=N–C) groups is 2. The predicted octanol–water partition coefficient (Wildman–Crippen LogP) is 35.6. The number of H-pyrrole nitrogens is 1. The van der Waals surface area contributed by atoms with Crippen LogP contribution in [0.4, 0.5) is 0 Å². The van der Waals surface area contributed by atoms with E-state index in [-0.39, 0.29) is 0 Å². The van der Waals surface area contributed by atoms with E-state index in [4.69, 9.17) is 0 Å². The van der Waals surface area contributed by atoms with Crippen LogP contribution in [0.2, 0.25) is 0 Å². The molecule has 0 unspecified atom stereocenters. The fraction of sp³-hybridized carbons (Fsp3) is 0.519. The molecule has 13 heterocycles. The summed E-state index contributed by atoms with van der Waals surface area (Å²) >= 11 is 5.03. The van der Waals surface area contributed by atoms with Crippen molar-refractivity contribution < 1.29 is 13.3 Å². The summed E-state index contributed by atoms with van der Waals surface area (Å²) in [4.78, 5) is 40.1. The minimum Gasteiger partial charge on any atom is -0.473 e. The van der Waals surface area contributed by atoms with Crippen molar-refractivity contribution in [1.29, 1.82) is 0 Å². The maximum absolute atomic E-state index is 4.58. The zero-order valence-electron chi connectivity index (χ0n) is 84.2. The summed E-state index contributed by atoms with van der Waals surface area (Å²) in [6.45, 7) is 84.5. The Bertz CT molecular complexity index is 2290. The maximum atomic E-state index is 4.58. The third-order valence-electron chi connectivity index (χ3n) is 6.06. The first-order chi connectivity index (χ1) is 57.0. The average molecular weight is 1730 g/mol. The second-order valence-corrected chi connectivity index (χ2v) is 36.1. The van der Waals surface area contributed by atoms with E-state index in [0.717, 1.165) is 89.8 Å². The van der Waals surface area contributed by atoms with Crippen molar-refractivity contribution in [1.82, 2.24) is 44.9 Å². The van der Waals surface area contributed by atoms with Gasteiger partial charge in [0.05, 0.1) is 36.8 Å². The van der Waals surface area contributed by atoms with Gasteiger partial charge in [0.1, 0.15) is 12.6 Å². The van der Waals surface area contributed by atoms with E-state index in [1.807, 2.05) is 161 Å². The quantitative estimate of drug-likeness (QED) is 0.152. The van der Waals surface area contributed by atoms with Crippen molar-refractivity contribution in [2.45, 2.75) is 283 Å². The van der Waals surface area contributed by atoms with Gasteiger partial charge in [-0.15, -0.1) is 11.3 Å². The molecule has 2 aliphatic heterocycles. The van der Waals surface area contributed by atoms with Crippen molar-refractivity contribution >= 4 is 46.4 Å². The molecule has 0 saturated heterocycles. The number of oxazole rings is 1. The number of nitrogens with zero attached hydrogens (tertiary/aromatic N) is 10. The van der Waals surface area contributed by atoms with E-state index in [2.05, 4.69) is 338 Å². The minimum atomic E-state index is 0.833. The first kappa shape index (κ1) is 141. The highest BCUT2D eigenvalue weighted by Gasteiger charge is 1.77. The Hall–Kier alpha value is -8.64. The molecule has 14 nitrogen and oxygen atoms in total. The largest absolute Gasteiger partial charge is 0.473 e. The van der Waals surface area contributed by atoms with Crippen LogP contribution in [0.5, 0.6) is 0 Å². The van der Waals surface area contributed by atoms with Crippen molar-refractivity contribution in [2.24, 2.45) is 86.9 Å². The van der Waals surface area contributed by atoms with Gasteiger partial charge in [-0.2, -0.15) is 22.7 Å². The Labute approximate surface area is 760 Å². The van der Waals surface area contributed by atoms with Gasteiger partial charge >= 0.3 is 0 Å². The lowest BCUT2D eigenvalue weighted by Gasteiger charge is -1.79. The summed E-state index contributed by atoms with van der Waals surface area (Å²) in [5, 5.41) is 10.1. The standard InChI is InChI=1S/2C5H5N.2C4H4N2.3C4H5N.2C4H4O.2C4H4S.13C4H10.C3H3NO.C3H3NS/c2*1-2-4-6-5-3-1;1-2-6-4-3-5-1;1-2-5-4-6-3-1;7*1-2-4-5-3-1;13*1-4(2)3;2*1-2-5-3-4-1/h2*1-5H;2*1-4H;2*1,3-4H,2H2;1-5H;4*1-4H;13*4H,1-3H3;2*1-3H. The number of furan rings is 2.